The van der Waals surface area contributed by atoms with E-state index in [4.69, 9.17) is 15.2 Å². The number of aromatic nitrogens is 5. The Labute approximate surface area is 259 Å². The number of rotatable bonds is 15. The number of pyridine rings is 1. The Kier molecular flexibility index (Phi) is 11.4. The van der Waals surface area contributed by atoms with Crippen LogP contribution in [0.15, 0.2) is 72.9 Å². The fourth-order valence-electron chi connectivity index (χ4n) is 4.61. The molecule has 1 amide bonds. The minimum atomic E-state index is -0.509. The lowest BCUT2D eigenvalue weighted by Gasteiger charge is -2.26. The summed E-state index contributed by atoms with van der Waals surface area (Å²) in [6, 6.07) is 20.8. The molecule has 4 N–H and O–H groups in total. The summed E-state index contributed by atoms with van der Waals surface area (Å²) in [6.45, 7) is 11.4. The number of nitrogens with zero attached hydrogens (tertiary/aromatic N) is 5. The number of tetrazole rings is 1. The van der Waals surface area contributed by atoms with Crippen LogP contribution in [0.2, 0.25) is 0 Å². The first kappa shape index (κ1) is 32.6. The van der Waals surface area contributed by atoms with E-state index in [1.54, 1.807) is 10.9 Å². The van der Waals surface area contributed by atoms with Gasteiger partial charge in [-0.3, -0.25) is 4.79 Å². The molecule has 0 radical (unpaired) electrons. The van der Waals surface area contributed by atoms with Crippen molar-refractivity contribution in [3.8, 4) is 11.6 Å². The number of hydrogen-bond donors (Lipinski definition) is 3. The molecule has 0 spiro atoms. The summed E-state index contributed by atoms with van der Waals surface area (Å²) >= 11 is 0. The molecule has 2 aromatic carbocycles. The van der Waals surface area contributed by atoms with Gasteiger partial charge in [-0.15, -0.1) is 5.10 Å². The number of nitrogens with two attached hydrogens (primary N) is 1. The monoisotopic (exact) mass is 600 g/mol. The fraction of sp³-hybridized carbons (Fsp3) is 0.424. The van der Waals surface area contributed by atoms with Crippen molar-refractivity contribution in [2.75, 3.05) is 12.3 Å². The van der Waals surface area contributed by atoms with E-state index in [1.165, 1.54) is 0 Å². The summed E-state index contributed by atoms with van der Waals surface area (Å²) in [4.78, 5) is 17.6. The largest absolute Gasteiger partial charge is 0.439 e. The maximum atomic E-state index is 13.3. The quantitative estimate of drug-likeness (QED) is 0.171. The van der Waals surface area contributed by atoms with Gasteiger partial charge in [0.05, 0.1) is 30.6 Å². The highest BCUT2D eigenvalue weighted by molar-refractivity contribution is 5.76. The van der Waals surface area contributed by atoms with Crippen molar-refractivity contribution >= 4 is 11.6 Å². The van der Waals surface area contributed by atoms with Crippen LogP contribution in [0, 0.1) is 5.92 Å². The normalized spacial score (nSPS) is 13.0. The van der Waals surface area contributed by atoms with Crippen molar-refractivity contribution in [3.05, 3.63) is 89.9 Å². The molecule has 11 heteroatoms. The molecular weight excluding hydrogens is 556 g/mol. The van der Waals surface area contributed by atoms with Crippen LogP contribution >= 0.6 is 0 Å². The Morgan fingerprint density at radius 3 is 2.43 bits per heavy atom. The first-order chi connectivity index (χ1) is 21.1. The average molecular weight is 601 g/mol. The second-order valence-electron chi connectivity index (χ2n) is 12.1. The number of hydrogen-bond acceptors (Lipinski definition) is 9. The highest BCUT2D eigenvalue weighted by atomic mass is 16.5. The highest BCUT2D eigenvalue weighted by Gasteiger charge is 2.25. The van der Waals surface area contributed by atoms with E-state index in [9.17, 15) is 4.79 Å². The number of ether oxygens (including phenoxy) is 2. The minimum absolute atomic E-state index is 0.0690. The van der Waals surface area contributed by atoms with E-state index in [2.05, 4.69) is 45.0 Å². The van der Waals surface area contributed by atoms with Crippen molar-refractivity contribution in [2.45, 2.75) is 78.2 Å². The van der Waals surface area contributed by atoms with Crippen molar-refractivity contribution in [1.82, 2.24) is 35.8 Å². The number of anilines is 1. The Hall–Kier alpha value is -4.35. The molecule has 11 nitrogen and oxygen atoms in total. The SMILES string of the molecule is CC(C)C(CCC(=O)N[C@H](COC(C)(C)C)c1nnnn1Cc1ccccc1)NCc1cc(Oc2ccccc2)ncc1N. The second kappa shape index (κ2) is 15.4. The zero-order chi connectivity index (χ0) is 31.5. The van der Waals surface area contributed by atoms with Crippen molar-refractivity contribution in [3.63, 3.8) is 0 Å². The second-order valence-corrected chi connectivity index (χ2v) is 12.1. The molecule has 1 unspecified atom stereocenters. The minimum Gasteiger partial charge on any atom is -0.439 e. The molecule has 0 aliphatic carbocycles. The summed E-state index contributed by atoms with van der Waals surface area (Å²) in [7, 11) is 0. The van der Waals surface area contributed by atoms with Crippen molar-refractivity contribution in [2.24, 2.45) is 5.92 Å². The standard InChI is InChI=1S/C33H44N8O3/c1-23(2)28(35-19-25-18-31(36-20-27(25)34)44-26-14-10-7-11-15-26)16-17-30(42)37-29(22-43-33(3,4)5)32-38-39-40-41(32)21-24-12-8-6-9-13-24/h6-15,18,20,23,28-29,35H,16-17,19,21-22,34H2,1-5H3,(H,37,42)/t28?,29-/m1/s1. The Bertz CT molecular complexity index is 1450. The third-order valence-corrected chi connectivity index (χ3v) is 7.07. The number of carbonyl (C=O) groups is 1. The van der Waals surface area contributed by atoms with E-state index in [0.717, 1.165) is 11.1 Å². The van der Waals surface area contributed by atoms with Gasteiger partial charge in [-0.2, -0.15) is 0 Å². The summed E-state index contributed by atoms with van der Waals surface area (Å²) in [5.74, 6) is 1.91. The molecule has 234 valence electrons. The Morgan fingerprint density at radius 2 is 1.75 bits per heavy atom. The maximum Gasteiger partial charge on any atom is 0.220 e. The summed E-state index contributed by atoms with van der Waals surface area (Å²) in [6.07, 6.45) is 2.55. The number of para-hydroxylation sites is 1. The number of carbonyl (C=O) groups excluding carboxylic acids is 1. The predicted octanol–water partition coefficient (Wildman–Crippen LogP) is 5.06. The molecule has 2 atom stereocenters. The molecule has 2 aromatic heterocycles. The number of benzene rings is 2. The van der Waals surface area contributed by atoms with Gasteiger partial charge >= 0.3 is 0 Å². The number of nitrogen functional groups attached to an aromatic ring is 1. The smallest absolute Gasteiger partial charge is 0.220 e. The molecule has 0 aliphatic heterocycles. The van der Waals surface area contributed by atoms with Crippen LogP contribution in [-0.2, 0) is 22.6 Å². The Balaban J connectivity index is 1.37. The molecule has 4 rings (SSSR count). The van der Waals surface area contributed by atoms with Gasteiger partial charge in [0, 0.05) is 25.1 Å². The van der Waals surface area contributed by atoms with Crippen LogP contribution in [0.25, 0.3) is 0 Å². The van der Waals surface area contributed by atoms with E-state index >= 15 is 0 Å². The highest BCUT2D eigenvalue weighted by Crippen LogP contribution is 2.23. The maximum absolute atomic E-state index is 13.3. The van der Waals surface area contributed by atoms with Gasteiger partial charge < -0.3 is 25.8 Å². The third-order valence-electron chi connectivity index (χ3n) is 7.07. The molecule has 0 saturated heterocycles. The topological polar surface area (TPSA) is 142 Å². The van der Waals surface area contributed by atoms with Crippen molar-refractivity contribution in [1.29, 1.82) is 0 Å². The van der Waals surface area contributed by atoms with Gasteiger partial charge in [-0.25, -0.2) is 9.67 Å². The van der Waals surface area contributed by atoms with E-state index in [-0.39, 0.29) is 24.5 Å². The van der Waals surface area contributed by atoms with E-state index in [1.807, 2.05) is 87.5 Å². The molecule has 0 aliphatic rings. The molecule has 0 fully saturated rings. The Morgan fingerprint density at radius 1 is 1.05 bits per heavy atom. The van der Waals surface area contributed by atoms with Crippen LogP contribution in [0.3, 0.4) is 0 Å². The first-order valence-electron chi connectivity index (χ1n) is 15.0. The molecule has 4 aromatic rings. The number of amides is 1. The van der Waals surface area contributed by atoms with Crippen LogP contribution in [-0.4, -0.2) is 49.3 Å². The molecule has 2 heterocycles. The fourth-order valence-corrected chi connectivity index (χ4v) is 4.61. The predicted molar refractivity (Wildman–Crippen MR) is 170 cm³/mol. The van der Waals surface area contributed by atoms with Gasteiger partial charge in [-0.1, -0.05) is 62.4 Å². The van der Waals surface area contributed by atoms with Gasteiger partial charge in [0.2, 0.25) is 11.8 Å². The van der Waals surface area contributed by atoms with Crippen LogP contribution in [0.1, 0.15) is 70.5 Å². The van der Waals surface area contributed by atoms with E-state index in [0.29, 0.717) is 49.1 Å². The van der Waals surface area contributed by atoms with Crippen LogP contribution in [0.4, 0.5) is 5.69 Å². The first-order valence-corrected chi connectivity index (χ1v) is 15.0. The van der Waals surface area contributed by atoms with Gasteiger partial charge in [0.25, 0.3) is 0 Å². The van der Waals surface area contributed by atoms with Gasteiger partial charge in [0.1, 0.15) is 11.8 Å². The molecule has 0 saturated carbocycles. The lowest BCUT2D eigenvalue weighted by Crippen LogP contribution is -2.38. The zero-order valence-corrected chi connectivity index (χ0v) is 26.2. The van der Waals surface area contributed by atoms with E-state index < -0.39 is 11.6 Å². The van der Waals surface area contributed by atoms with Crippen LogP contribution in [0.5, 0.6) is 11.6 Å². The zero-order valence-electron chi connectivity index (χ0n) is 26.2. The van der Waals surface area contributed by atoms with Gasteiger partial charge in [-0.05, 0) is 66.8 Å². The summed E-state index contributed by atoms with van der Waals surface area (Å²) < 4.78 is 13.7. The lowest BCUT2D eigenvalue weighted by molar-refractivity contribution is -0.123. The molecule has 0 bridgehead atoms. The van der Waals surface area contributed by atoms with Gasteiger partial charge in [0.15, 0.2) is 5.82 Å². The third kappa shape index (κ3) is 10.1. The number of nitrogens with one attached hydrogen (secondary N) is 2. The molecule has 44 heavy (non-hydrogen) atoms. The molecular formula is C33H44N8O3. The lowest BCUT2D eigenvalue weighted by atomic mass is 9.98. The summed E-state index contributed by atoms with van der Waals surface area (Å²) in [5.41, 5.74) is 8.36. The summed E-state index contributed by atoms with van der Waals surface area (Å²) in [5, 5.41) is 19.1. The average Bonchev–Trinajstić information content (AvgIpc) is 3.45. The van der Waals surface area contributed by atoms with Crippen molar-refractivity contribution < 1.29 is 14.3 Å². The van der Waals surface area contributed by atoms with Crippen LogP contribution < -0.4 is 21.1 Å².